The van der Waals surface area contributed by atoms with Crippen LogP contribution >= 0.6 is 0 Å². The van der Waals surface area contributed by atoms with Crippen molar-refractivity contribution < 1.29 is 9.53 Å². The number of nitrogens with one attached hydrogen (secondary N) is 1. The number of ether oxygens (including phenoxy) is 1. The summed E-state index contributed by atoms with van der Waals surface area (Å²) in [4.78, 5) is 16.7. The van der Waals surface area contributed by atoms with Crippen molar-refractivity contribution in [3.8, 4) is 5.88 Å². The summed E-state index contributed by atoms with van der Waals surface area (Å²) in [6.45, 7) is 6.14. The topological polar surface area (TPSA) is 51.2 Å². The van der Waals surface area contributed by atoms with Gasteiger partial charge in [-0.2, -0.15) is 0 Å². The van der Waals surface area contributed by atoms with Gasteiger partial charge in [0, 0.05) is 6.07 Å². The number of rotatable bonds is 5. The molecule has 4 heteroatoms. The fraction of sp³-hybridized carbons (Fsp3) is 0.333. The molecule has 22 heavy (non-hydrogen) atoms. The van der Waals surface area contributed by atoms with E-state index in [-0.39, 0.29) is 17.7 Å². The van der Waals surface area contributed by atoms with Crippen molar-refractivity contribution in [2.45, 2.75) is 26.7 Å². The van der Waals surface area contributed by atoms with Crippen molar-refractivity contribution >= 4 is 11.6 Å². The number of carbonyl (C=O) groups is 1. The Kier molecular flexibility index (Phi) is 5.15. The van der Waals surface area contributed by atoms with Crippen molar-refractivity contribution in [2.75, 3.05) is 12.4 Å². The van der Waals surface area contributed by atoms with Crippen LogP contribution in [-0.2, 0) is 4.79 Å². The average Bonchev–Trinajstić information content (AvgIpc) is 2.50. The molecule has 1 amide bonds. The van der Waals surface area contributed by atoms with Crippen LogP contribution in [0, 0.1) is 12.8 Å². The standard InChI is InChI=1S/C18H22N2O2/c1-12(2)17(14-7-5-13(3)6-8-14)18(21)20-15-9-10-16(22-4)19-11-15/h5-12,17H,1-4H3,(H,20,21). The SMILES string of the molecule is COc1ccc(NC(=O)C(c2ccc(C)cc2)C(C)C)cn1. The zero-order chi connectivity index (χ0) is 16.1. The van der Waals surface area contributed by atoms with Gasteiger partial charge in [-0.25, -0.2) is 4.98 Å². The number of anilines is 1. The number of hydrogen-bond acceptors (Lipinski definition) is 3. The highest BCUT2D eigenvalue weighted by Crippen LogP contribution is 2.26. The Morgan fingerprint density at radius 3 is 2.32 bits per heavy atom. The Morgan fingerprint density at radius 2 is 1.82 bits per heavy atom. The maximum atomic E-state index is 12.6. The minimum absolute atomic E-state index is 0.0224. The van der Waals surface area contributed by atoms with E-state index >= 15 is 0 Å². The van der Waals surface area contributed by atoms with Gasteiger partial charge in [0.25, 0.3) is 0 Å². The lowest BCUT2D eigenvalue weighted by molar-refractivity contribution is -0.118. The molecule has 0 fully saturated rings. The maximum absolute atomic E-state index is 12.6. The molecule has 4 nitrogen and oxygen atoms in total. The van der Waals surface area contributed by atoms with Gasteiger partial charge < -0.3 is 10.1 Å². The zero-order valence-corrected chi connectivity index (χ0v) is 13.5. The lowest BCUT2D eigenvalue weighted by Crippen LogP contribution is -2.25. The summed E-state index contributed by atoms with van der Waals surface area (Å²) in [5.74, 6) is 0.513. The Hall–Kier alpha value is -2.36. The van der Waals surface area contributed by atoms with Crippen LogP contribution in [0.5, 0.6) is 5.88 Å². The number of hydrogen-bond donors (Lipinski definition) is 1. The number of nitrogens with zero attached hydrogens (tertiary/aromatic N) is 1. The Labute approximate surface area is 131 Å². The molecule has 1 unspecified atom stereocenters. The molecule has 0 aliphatic carbocycles. The number of pyridine rings is 1. The van der Waals surface area contributed by atoms with Crippen molar-refractivity contribution in [1.82, 2.24) is 4.98 Å². The van der Waals surface area contributed by atoms with Crippen molar-refractivity contribution in [3.05, 3.63) is 53.7 Å². The summed E-state index contributed by atoms with van der Waals surface area (Å²) in [7, 11) is 1.56. The summed E-state index contributed by atoms with van der Waals surface area (Å²) in [6.07, 6.45) is 1.60. The molecule has 2 aromatic rings. The van der Waals surface area contributed by atoms with Gasteiger partial charge in [-0.15, -0.1) is 0 Å². The van der Waals surface area contributed by atoms with Crippen LogP contribution in [0.1, 0.15) is 30.9 Å². The van der Waals surface area contributed by atoms with Crippen LogP contribution in [0.3, 0.4) is 0 Å². The summed E-state index contributed by atoms with van der Waals surface area (Å²) < 4.78 is 5.02. The number of methoxy groups -OCH3 is 1. The second-order valence-corrected chi connectivity index (χ2v) is 5.71. The highest BCUT2D eigenvalue weighted by atomic mass is 16.5. The maximum Gasteiger partial charge on any atom is 0.232 e. The first kappa shape index (κ1) is 16.0. The third-order valence-corrected chi connectivity index (χ3v) is 3.60. The molecule has 0 spiro atoms. The molecule has 2 rings (SSSR count). The Balaban J connectivity index is 2.17. The molecular weight excluding hydrogens is 276 g/mol. The molecule has 1 aromatic heterocycles. The van der Waals surface area contributed by atoms with Crippen LogP contribution in [0.4, 0.5) is 5.69 Å². The van der Waals surface area contributed by atoms with E-state index in [4.69, 9.17) is 4.74 Å². The van der Waals surface area contributed by atoms with Crippen molar-refractivity contribution in [3.63, 3.8) is 0 Å². The van der Waals surface area contributed by atoms with E-state index < -0.39 is 0 Å². The molecule has 0 radical (unpaired) electrons. The monoisotopic (exact) mass is 298 g/mol. The first-order chi connectivity index (χ1) is 10.5. The molecule has 0 bridgehead atoms. The van der Waals surface area contributed by atoms with Gasteiger partial charge in [-0.05, 0) is 24.5 Å². The van der Waals surface area contributed by atoms with Gasteiger partial charge >= 0.3 is 0 Å². The number of aromatic nitrogens is 1. The van der Waals surface area contributed by atoms with Crippen molar-refractivity contribution in [1.29, 1.82) is 0 Å². The van der Waals surface area contributed by atoms with Gasteiger partial charge in [-0.3, -0.25) is 4.79 Å². The van der Waals surface area contributed by atoms with E-state index in [0.29, 0.717) is 11.6 Å². The predicted octanol–water partition coefficient (Wildman–Crippen LogP) is 3.78. The van der Waals surface area contributed by atoms with Gasteiger partial charge in [0.2, 0.25) is 11.8 Å². The Morgan fingerprint density at radius 1 is 1.14 bits per heavy atom. The number of benzene rings is 1. The van der Waals surface area contributed by atoms with Gasteiger partial charge in [0.05, 0.1) is 24.9 Å². The second kappa shape index (κ2) is 7.07. The number of carbonyl (C=O) groups excluding carboxylic acids is 1. The lowest BCUT2D eigenvalue weighted by Gasteiger charge is -2.21. The van der Waals surface area contributed by atoms with Gasteiger partial charge in [0.1, 0.15) is 0 Å². The molecule has 116 valence electrons. The second-order valence-electron chi connectivity index (χ2n) is 5.71. The summed E-state index contributed by atoms with van der Waals surface area (Å²) in [5.41, 5.74) is 2.88. The Bertz CT molecular complexity index is 619. The molecule has 1 atom stereocenters. The van der Waals surface area contributed by atoms with Crippen LogP contribution in [0.25, 0.3) is 0 Å². The minimum Gasteiger partial charge on any atom is -0.481 e. The molecule has 1 N–H and O–H groups in total. The van der Waals surface area contributed by atoms with E-state index in [2.05, 4.69) is 24.1 Å². The smallest absolute Gasteiger partial charge is 0.232 e. The fourth-order valence-corrected chi connectivity index (χ4v) is 2.41. The first-order valence-corrected chi connectivity index (χ1v) is 7.38. The third kappa shape index (κ3) is 3.85. The molecular formula is C18H22N2O2. The normalized spacial score (nSPS) is 12.0. The number of amides is 1. The van der Waals surface area contributed by atoms with Gasteiger partial charge in [-0.1, -0.05) is 43.7 Å². The lowest BCUT2D eigenvalue weighted by atomic mass is 9.87. The average molecular weight is 298 g/mol. The largest absolute Gasteiger partial charge is 0.481 e. The minimum atomic E-state index is -0.192. The van der Waals surface area contributed by atoms with Gasteiger partial charge in [0.15, 0.2) is 0 Å². The van der Waals surface area contributed by atoms with E-state index in [1.807, 2.05) is 31.2 Å². The van der Waals surface area contributed by atoms with Crippen LogP contribution in [0.15, 0.2) is 42.6 Å². The van der Waals surface area contributed by atoms with E-state index in [0.717, 1.165) is 5.56 Å². The van der Waals surface area contributed by atoms with Crippen LogP contribution in [0.2, 0.25) is 0 Å². The molecule has 1 aromatic carbocycles. The third-order valence-electron chi connectivity index (χ3n) is 3.60. The summed E-state index contributed by atoms with van der Waals surface area (Å²) >= 11 is 0. The van der Waals surface area contributed by atoms with E-state index in [1.54, 1.807) is 25.4 Å². The summed E-state index contributed by atoms with van der Waals surface area (Å²) in [6, 6.07) is 11.6. The van der Waals surface area contributed by atoms with E-state index in [9.17, 15) is 4.79 Å². The quantitative estimate of drug-likeness (QED) is 0.914. The van der Waals surface area contributed by atoms with Crippen LogP contribution in [-0.4, -0.2) is 18.0 Å². The fourth-order valence-electron chi connectivity index (χ4n) is 2.41. The number of aryl methyl sites for hydroxylation is 1. The summed E-state index contributed by atoms with van der Waals surface area (Å²) in [5, 5.41) is 2.93. The van der Waals surface area contributed by atoms with Crippen LogP contribution < -0.4 is 10.1 Å². The molecule has 0 aliphatic heterocycles. The first-order valence-electron chi connectivity index (χ1n) is 7.38. The predicted molar refractivity (Wildman–Crippen MR) is 88.2 cm³/mol. The van der Waals surface area contributed by atoms with Crippen molar-refractivity contribution in [2.24, 2.45) is 5.92 Å². The molecule has 0 saturated heterocycles. The highest BCUT2D eigenvalue weighted by Gasteiger charge is 2.24. The zero-order valence-electron chi connectivity index (χ0n) is 13.5. The highest BCUT2D eigenvalue weighted by molar-refractivity contribution is 5.95. The van der Waals surface area contributed by atoms with E-state index in [1.165, 1.54) is 5.56 Å². The molecule has 1 heterocycles. The molecule has 0 aliphatic rings. The molecule has 0 saturated carbocycles.